The average molecular weight is 232 g/mol. The summed E-state index contributed by atoms with van der Waals surface area (Å²) in [4.78, 5) is 12.4. The number of nitrogen functional groups attached to an aromatic ring is 1. The Morgan fingerprint density at radius 3 is 3.00 bits per heavy atom. The van der Waals surface area contributed by atoms with E-state index < -0.39 is 0 Å². The fourth-order valence-electron chi connectivity index (χ4n) is 1.44. The van der Waals surface area contributed by atoms with E-state index >= 15 is 0 Å². The second kappa shape index (κ2) is 3.24. The second-order valence-electron chi connectivity index (χ2n) is 3.32. The molecule has 3 rings (SSSR count). The quantitative estimate of drug-likeness (QED) is 0.680. The van der Waals surface area contributed by atoms with Crippen LogP contribution in [0, 0.1) is 6.92 Å². The summed E-state index contributed by atoms with van der Waals surface area (Å²) in [6, 6.07) is 0. The number of aryl methyl sites for hydroxylation is 1. The van der Waals surface area contributed by atoms with Crippen molar-refractivity contribution >= 4 is 28.2 Å². The molecule has 0 bridgehead atoms. The van der Waals surface area contributed by atoms with Crippen LogP contribution >= 0.6 is 11.3 Å². The maximum absolute atomic E-state index is 5.73. The predicted molar refractivity (Wildman–Crippen MR) is 61.5 cm³/mol. The number of rotatable bonds is 1. The number of nitrogens with two attached hydrogens (primary N) is 1. The van der Waals surface area contributed by atoms with Gasteiger partial charge in [-0.25, -0.2) is 15.0 Å². The molecule has 0 aromatic carbocycles. The van der Waals surface area contributed by atoms with Gasteiger partial charge in [-0.15, -0.1) is 11.3 Å². The minimum atomic E-state index is 0.435. The van der Waals surface area contributed by atoms with Crippen LogP contribution in [0.1, 0.15) is 5.69 Å². The van der Waals surface area contributed by atoms with E-state index in [1.54, 1.807) is 10.9 Å². The van der Waals surface area contributed by atoms with Crippen molar-refractivity contribution in [3.8, 4) is 5.13 Å². The van der Waals surface area contributed by atoms with Gasteiger partial charge in [-0.1, -0.05) is 0 Å². The third kappa shape index (κ3) is 1.25. The summed E-state index contributed by atoms with van der Waals surface area (Å²) in [6.07, 6.45) is 3.08. The highest BCUT2D eigenvalue weighted by Crippen LogP contribution is 2.21. The van der Waals surface area contributed by atoms with Crippen LogP contribution in [-0.4, -0.2) is 24.7 Å². The SMILES string of the molecule is Cc1csc(-n2ncc3c(N)ncnc32)n1. The van der Waals surface area contributed by atoms with Gasteiger partial charge in [-0.05, 0) is 6.92 Å². The van der Waals surface area contributed by atoms with Crippen molar-refractivity contribution in [3.63, 3.8) is 0 Å². The van der Waals surface area contributed by atoms with E-state index in [0.717, 1.165) is 16.2 Å². The van der Waals surface area contributed by atoms with Gasteiger partial charge in [0.1, 0.15) is 12.1 Å². The van der Waals surface area contributed by atoms with Gasteiger partial charge in [-0.2, -0.15) is 9.78 Å². The Bertz CT molecular complexity index is 655. The zero-order valence-electron chi connectivity index (χ0n) is 8.45. The van der Waals surface area contributed by atoms with Gasteiger partial charge in [0.2, 0.25) is 5.13 Å². The van der Waals surface area contributed by atoms with Crippen LogP contribution in [0.15, 0.2) is 17.9 Å². The molecule has 16 heavy (non-hydrogen) atoms. The molecule has 0 saturated carbocycles. The summed E-state index contributed by atoms with van der Waals surface area (Å²) in [5.74, 6) is 0.435. The van der Waals surface area contributed by atoms with Crippen LogP contribution in [0.25, 0.3) is 16.2 Å². The van der Waals surface area contributed by atoms with Gasteiger partial charge in [-0.3, -0.25) is 0 Å². The molecule has 3 heterocycles. The Morgan fingerprint density at radius 1 is 1.38 bits per heavy atom. The number of fused-ring (bicyclic) bond motifs is 1. The van der Waals surface area contributed by atoms with Gasteiger partial charge in [0.05, 0.1) is 17.3 Å². The first-order valence-corrected chi connectivity index (χ1v) is 5.50. The van der Waals surface area contributed by atoms with Crippen LogP contribution in [0.3, 0.4) is 0 Å². The van der Waals surface area contributed by atoms with Crippen molar-refractivity contribution < 1.29 is 0 Å². The summed E-state index contributed by atoms with van der Waals surface area (Å²) in [5.41, 5.74) is 7.38. The second-order valence-corrected chi connectivity index (χ2v) is 4.16. The number of hydrogen-bond donors (Lipinski definition) is 1. The van der Waals surface area contributed by atoms with Gasteiger partial charge in [0.25, 0.3) is 0 Å². The van der Waals surface area contributed by atoms with Crippen molar-refractivity contribution in [3.05, 3.63) is 23.6 Å². The average Bonchev–Trinajstić information content (AvgIpc) is 2.84. The molecule has 3 aromatic rings. The zero-order valence-corrected chi connectivity index (χ0v) is 9.27. The maximum atomic E-state index is 5.73. The van der Waals surface area contributed by atoms with Gasteiger partial charge < -0.3 is 5.73 Å². The fraction of sp³-hybridized carbons (Fsp3) is 0.111. The third-order valence-corrected chi connectivity index (χ3v) is 3.12. The molecule has 0 spiro atoms. The van der Waals surface area contributed by atoms with Crippen LogP contribution < -0.4 is 5.73 Å². The Kier molecular flexibility index (Phi) is 1.87. The molecule has 0 saturated heterocycles. The largest absolute Gasteiger partial charge is 0.383 e. The van der Waals surface area contributed by atoms with Gasteiger partial charge >= 0.3 is 0 Å². The molecular weight excluding hydrogens is 224 g/mol. The standard InChI is InChI=1S/C9H8N6S/c1-5-3-16-9(14-5)15-8-6(2-13-15)7(10)11-4-12-8/h2-4H,1H3,(H2,10,11,12). The minimum Gasteiger partial charge on any atom is -0.383 e. The summed E-state index contributed by atoms with van der Waals surface area (Å²) < 4.78 is 1.67. The van der Waals surface area contributed by atoms with Crippen LogP contribution in [0.4, 0.5) is 5.82 Å². The molecule has 3 aromatic heterocycles. The van der Waals surface area contributed by atoms with Crippen molar-refractivity contribution in [2.75, 3.05) is 5.73 Å². The lowest BCUT2D eigenvalue weighted by Crippen LogP contribution is -1.98. The van der Waals surface area contributed by atoms with E-state index in [-0.39, 0.29) is 0 Å². The topological polar surface area (TPSA) is 82.5 Å². The Hall–Kier alpha value is -2.02. The van der Waals surface area contributed by atoms with Gasteiger partial charge in [0, 0.05) is 5.38 Å². The number of anilines is 1. The van der Waals surface area contributed by atoms with Crippen molar-refractivity contribution in [2.45, 2.75) is 6.92 Å². The summed E-state index contributed by atoms with van der Waals surface area (Å²) in [7, 11) is 0. The highest BCUT2D eigenvalue weighted by Gasteiger charge is 2.11. The van der Waals surface area contributed by atoms with Crippen molar-refractivity contribution in [2.24, 2.45) is 0 Å². The van der Waals surface area contributed by atoms with Crippen LogP contribution in [0.2, 0.25) is 0 Å². The highest BCUT2D eigenvalue weighted by molar-refractivity contribution is 7.12. The monoisotopic (exact) mass is 232 g/mol. The summed E-state index contributed by atoms with van der Waals surface area (Å²) in [6.45, 7) is 1.94. The third-order valence-electron chi connectivity index (χ3n) is 2.18. The van der Waals surface area contributed by atoms with Crippen molar-refractivity contribution in [1.29, 1.82) is 0 Å². The summed E-state index contributed by atoms with van der Waals surface area (Å²) >= 11 is 1.52. The maximum Gasteiger partial charge on any atom is 0.212 e. The van der Waals surface area contributed by atoms with Crippen molar-refractivity contribution in [1.82, 2.24) is 24.7 Å². The molecule has 2 N–H and O–H groups in total. The van der Waals surface area contributed by atoms with E-state index in [0.29, 0.717) is 11.5 Å². The normalized spacial score (nSPS) is 11.1. The molecule has 0 aliphatic carbocycles. The van der Waals surface area contributed by atoms with E-state index in [9.17, 15) is 0 Å². The summed E-state index contributed by atoms with van der Waals surface area (Å²) in [5, 5.41) is 7.72. The molecular formula is C9H8N6S. The Morgan fingerprint density at radius 2 is 2.25 bits per heavy atom. The first-order valence-electron chi connectivity index (χ1n) is 4.62. The molecule has 7 heteroatoms. The van der Waals surface area contributed by atoms with E-state index in [1.807, 2.05) is 12.3 Å². The molecule has 0 aliphatic rings. The number of aromatic nitrogens is 5. The predicted octanol–water partition coefficient (Wildman–Crippen LogP) is 1.16. The minimum absolute atomic E-state index is 0.435. The van der Waals surface area contributed by atoms with E-state index in [2.05, 4.69) is 20.1 Å². The Balaban J connectivity index is 2.29. The number of nitrogens with zero attached hydrogens (tertiary/aromatic N) is 5. The molecule has 0 radical (unpaired) electrons. The highest BCUT2D eigenvalue weighted by atomic mass is 32.1. The molecule has 0 aliphatic heterocycles. The Labute approximate surface area is 94.8 Å². The van der Waals surface area contributed by atoms with E-state index in [4.69, 9.17) is 5.73 Å². The molecule has 6 nitrogen and oxygen atoms in total. The molecule has 0 amide bonds. The number of thiazole rings is 1. The van der Waals surface area contributed by atoms with E-state index in [1.165, 1.54) is 17.7 Å². The molecule has 0 atom stereocenters. The molecule has 80 valence electrons. The molecule has 0 unspecified atom stereocenters. The number of hydrogen-bond acceptors (Lipinski definition) is 6. The lowest BCUT2D eigenvalue weighted by atomic mass is 10.4. The lowest BCUT2D eigenvalue weighted by molar-refractivity contribution is 0.879. The van der Waals surface area contributed by atoms with Gasteiger partial charge in [0.15, 0.2) is 5.65 Å². The van der Waals surface area contributed by atoms with Crippen LogP contribution in [-0.2, 0) is 0 Å². The fourth-order valence-corrected chi connectivity index (χ4v) is 2.20. The molecule has 0 fully saturated rings. The lowest BCUT2D eigenvalue weighted by Gasteiger charge is -1.97. The smallest absolute Gasteiger partial charge is 0.212 e. The first-order chi connectivity index (χ1) is 7.75. The van der Waals surface area contributed by atoms with Crippen LogP contribution in [0.5, 0.6) is 0 Å². The first kappa shape index (κ1) is 9.22. The zero-order chi connectivity index (χ0) is 11.1.